The summed E-state index contributed by atoms with van der Waals surface area (Å²) in [5, 5.41) is 12.0. The van der Waals surface area contributed by atoms with E-state index < -0.39 is 11.4 Å². The van der Waals surface area contributed by atoms with Crippen LogP contribution >= 0.6 is 11.6 Å². The Kier molecular flexibility index (Phi) is 3.81. The number of halogens is 1. The summed E-state index contributed by atoms with van der Waals surface area (Å²) >= 11 is 6.18. The number of hydrogen-bond acceptors (Lipinski definition) is 1. The van der Waals surface area contributed by atoms with E-state index in [0.29, 0.717) is 6.42 Å². The topological polar surface area (TPSA) is 37.3 Å². The van der Waals surface area contributed by atoms with E-state index in [1.807, 2.05) is 36.4 Å². The highest BCUT2D eigenvalue weighted by Gasteiger charge is 2.26. The van der Waals surface area contributed by atoms with Crippen molar-refractivity contribution in [2.75, 3.05) is 0 Å². The summed E-state index contributed by atoms with van der Waals surface area (Å²) in [6, 6.07) is 11.8. The van der Waals surface area contributed by atoms with E-state index in [0.717, 1.165) is 27.8 Å². The molecule has 2 aromatic carbocycles. The summed E-state index contributed by atoms with van der Waals surface area (Å²) in [7, 11) is 0. The Balaban J connectivity index is 2.32. The van der Waals surface area contributed by atoms with Gasteiger partial charge in [0.1, 0.15) is 0 Å². The van der Waals surface area contributed by atoms with E-state index in [9.17, 15) is 4.79 Å². The number of benzene rings is 2. The lowest BCUT2D eigenvalue weighted by atomic mass is 9.85. The van der Waals surface area contributed by atoms with Crippen LogP contribution in [0.25, 0.3) is 10.8 Å². The molecule has 100 valence electrons. The molecule has 2 nitrogen and oxygen atoms in total. The monoisotopic (exact) mass is 276 g/mol. The SMILES string of the molecule is CC(C)(CCc1ccc(Cl)c2ccccc12)C(=O)O. The zero-order valence-electron chi connectivity index (χ0n) is 11.1. The highest BCUT2D eigenvalue weighted by molar-refractivity contribution is 6.35. The van der Waals surface area contributed by atoms with Crippen LogP contribution in [0, 0.1) is 5.41 Å². The minimum absolute atomic E-state index is 0.605. The quantitative estimate of drug-likeness (QED) is 0.890. The van der Waals surface area contributed by atoms with Crippen molar-refractivity contribution in [3.8, 4) is 0 Å². The summed E-state index contributed by atoms with van der Waals surface area (Å²) < 4.78 is 0. The first-order valence-electron chi connectivity index (χ1n) is 6.31. The Labute approximate surface area is 118 Å². The summed E-state index contributed by atoms with van der Waals surface area (Å²) in [5.41, 5.74) is 0.440. The fraction of sp³-hybridized carbons (Fsp3) is 0.312. The second-order valence-corrected chi connectivity index (χ2v) is 5.85. The first-order chi connectivity index (χ1) is 8.92. The molecule has 0 fully saturated rings. The average Bonchev–Trinajstić information content (AvgIpc) is 2.38. The molecule has 0 heterocycles. The van der Waals surface area contributed by atoms with Gasteiger partial charge in [-0.3, -0.25) is 4.79 Å². The Bertz CT molecular complexity index is 617. The molecule has 2 rings (SSSR count). The smallest absolute Gasteiger partial charge is 0.309 e. The molecule has 0 radical (unpaired) electrons. The lowest BCUT2D eigenvalue weighted by Gasteiger charge is -2.19. The largest absolute Gasteiger partial charge is 0.481 e. The normalized spacial score (nSPS) is 11.7. The molecule has 2 aromatic rings. The van der Waals surface area contributed by atoms with Crippen molar-refractivity contribution < 1.29 is 9.90 Å². The van der Waals surface area contributed by atoms with Crippen molar-refractivity contribution in [3.63, 3.8) is 0 Å². The van der Waals surface area contributed by atoms with E-state index in [4.69, 9.17) is 16.7 Å². The molecule has 0 bridgehead atoms. The molecule has 0 aliphatic heterocycles. The Hall–Kier alpha value is -1.54. The first kappa shape index (κ1) is 13.9. The molecule has 0 spiro atoms. The number of rotatable bonds is 4. The van der Waals surface area contributed by atoms with Crippen molar-refractivity contribution >= 4 is 28.3 Å². The third kappa shape index (κ3) is 2.90. The maximum atomic E-state index is 11.1. The third-order valence-electron chi connectivity index (χ3n) is 3.56. The van der Waals surface area contributed by atoms with Crippen molar-refractivity contribution in [1.82, 2.24) is 0 Å². The van der Waals surface area contributed by atoms with Crippen LogP contribution in [-0.2, 0) is 11.2 Å². The van der Waals surface area contributed by atoms with Crippen LogP contribution in [0.1, 0.15) is 25.8 Å². The number of aliphatic carboxylic acids is 1. The molecule has 0 amide bonds. The van der Waals surface area contributed by atoms with Crippen LogP contribution in [0.5, 0.6) is 0 Å². The van der Waals surface area contributed by atoms with Crippen molar-refractivity contribution in [2.24, 2.45) is 5.41 Å². The van der Waals surface area contributed by atoms with Gasteiger partial charge < -0.3 is 5.11 Å². The minimum atomic E-state index is -0.759. The molecule has 0 atom stereocenters. The fourth-order valence-corrected chi connectivity index (χ4v) is 2.32. The van der Waals surface area contributed by atoms with E-state index in [2.05, 4.69) is 0 Å². The number of carboxylic acids is 1. The van der Waals surface area contributed by atoms with Crippen molar-refractivity contribution in [2.45, 2.75) is 26.7 Å². The van der Waals surface area contributed by atoms with Crippen LogP contribution in [0.15, 0.2) is 36.4 Å². The highest BCUT2D eigenvalue weighted by Crippen LogP contribution is 2.30. The van der Waals surface area contributed by atoms with Crippen molar-refractivity contribution in [3.05, 3.63) is 47.0 Å². The number of carbonyl (C=O) groups is 1. The molecule has 0 aliphatic rings. The average molecular weight is 277 g/mol. The van der Waals surface area contributed by atoms with Gasteiger partial charge in [-0.2, -0.15) is 0 Å². The van der Waals surface area contributed by atoms with Gasteiger partial charge in [-0.25, -0.2) is 0 Å². The molecule has 0 saturated heterocycles. The number of fused-ring (bicyclic) bond motifs is 1. The summed E-state index contributed by atoms with van der Waals surface area (Å²) in [6.07, 6.45) is 1.34. The zero-order chi connectivity index (χ0) is 14.0. The molecule has 0 unspecified atom stereocenters. The van der Waals surface area contributed by atoms with E-state index in [1.165, 1.54) is 0 Å². The molecule has 3 heteroatoms. The molecular formula is C16H17ClO2. The third-order valence-corrected chi connectivity index (χ3v) is 3.89. The highest BCUT2D eigenvalue weighted by atomic mass is 35.5. The van der Waals surface area contributed by atoms with Gasteiger partial charge in [0.15, 0.2) is 0 Å². The van der Waals surface area contributed by atoms with Crippen LogP contribution in [0.3, 0.4) is 0 Å². The summed E-state index contributed by atoms with van der Waals surface area (Å²) in [4.78, 5) is 11.1. The molecule has 0 saturated carbocycles. The van der Waals surface area contributed by atoms with E-state index >= 15 is 0 Å². The van der Waals surface area contributed by atoms with Crippen LogP contribution in [-0.4, -0.2) is 11.1 Å². The predicted molar refractivity (Wildman–Crippen MR) is 78.7 cm³/mol. The lowest BCUT2D eigenvalue weighted by molar-refractivity contribution is -0.147. The lowest BCUT2D eigenvalue weighted by Crippen LogP contribution is -2.24. The van der Waals surface area contributed by atoms with Gasteiger partial charge in [-0.1, -0.05) is 41.9 Å². The second-order valence-electron chi connectivity index (χ2n) is 5.44. The van der Waals surface area contributed by atoms with Gasteiger partial charge in [-0.05, 0) is 43.7 Å². The van der Waals surface area contributed by atoms with Crippen molar-refractivity contribution in [1.29, 1.82) is 0 Å². The Morgan fingerprint density at radius 1 is 1.16 bits per heavy atom. The summed E-state index contributed by atoms with van der Waals surface area (Å²) in [5.74, 6) is -0.759. The second kappa shape index (κ2) is 5.22. The number of carboxylic acid groups (broad SMARTS) is 1. The van der Waals surface area contributed by atoms with Gasteiger partial charge in [-0.15, -0.1) is 0 Å². The molecule has 1 N–H and O–H groups in total. The van der Waals surface area contributed by atoms with Crippen LogP contribution < -0.4 is 0 Å². The van der Waals surface area contributed by atoms with Crippen LogP contribution in [0.2, 0.25) is 5.02 Å². The van der Waals surface area contributed by atoms with Crippen LogP contribution in [0.4, 0.5) is 0 Å². The number of hydrogen-bond donors (Lipinski definition) is 1. The van der Waals surface area contributed by atoms with Gasteiger partial charge in [0, 0.05) is 10.4 Å². The van der Waals surface area contributed by atoms with Gasteiger partial charge in [0.25, 0.3) is 0 Å². The molecule has 0 aromatic heterocycles. The fourth-order valence-electron chi connectivity index (χ4n) is 2.10. The number of aryl methyl sites for hydroxylation is 1. The van der Waals surface area contributed by atoms with Gasteiger partial charge in [0.2, 0.25) is 0 Å². The summed E-state index contributed by atoms with van der Waals surface area (Å²) in [6.45, 7) is 3.51. The zero-order valence-corrected chi connectivity index (χ0v) is 11.9. The maximum Gasteiger partial charge on any atom is 0.309 e. The predicted octanol–water partition coefficient (Wildman–Crippen LogP) is 4.54. The van der Waals surface area contributed by atoms with Gasteiger partial charge >= 0.3 is 5.97 Å². The first-order valence-corrected chi connectivity index (χ1v) is 6.69. The van der Waals surface area contributed by atoms with E-state index in [1.54, 1.807) is 13.8 Å². The minimum Gasteiger partial charge on any atom is -0.481 e. The Morgan fingerprint density at radius 2 is 1.79 bits per heavy atom. The molecule has 0 aliphatic carbocycles. The standard InChI is InChI=1S/C16H17ClO2/c1-16(2,15(18)19)10-9-11-7-8-14(17)13-6-4-3-5-12(11)13/h3-8H,9-10H2,1-2H3,(H,18,19). The van der Waals surface area contributed by atoms with Gasteiger partial charge in [0.05, 0.1) is 5.41 Å². The Morgan fingerprint density at radius 3 is 2.42 bits per heavy atom. The molecular weight excluding hydrogens is 260 g/mol. The maximum absolute atomic E-state index is 11.1. The van der Waals surface area contributed by atoms with E-state index in [-0.39, 0.29) is 0 Å². The molecule has 19 heavy (non-hydrogen) atoms.